The first-order valence-corrected chi connectivity index (χ1v) is 6.13. The lowest BCUT2D eigenvalue weighted by Crippen LogP contribution is -2.50. The average Bonchev–Trinajstić information content (AvgIpc) is 2.45. The number of nitrogens with one attached hydrogen (secondary N) is 1. The number of hydrogen-bond donors (Lipinski definition) is 1. The highest BCUT2D eigenvalue weighted by Gasteiger charge is 2.27. The number of benzene rings is 1. The summed E-state index contributed by atoms with van der Waals surface area (Å²) in [5, 5.41) is 3.24. The van der Waals surface area contributed by atoms with Crippen molar-refractivity contribution in [2.75, 3.05) is 31.1 Å². The molecule has 2 aromatic carbocycles. The van der Waals surface area contributed by atoms with Crippen molar-refractivity contribution in [1.29, 1.82) is 0 Å². The Labute approximate surface area is 105 Å². The van der Waals surface area contributed by atoms with Crippen molar-refractivity contribution >= 4 is 5.69 Å². The van der Waals surface area contributed by atoms with E-state index in [-0.39, 0.29) is 10.9 Å². The minimum Gasteiger partial charge on any atom is -0.365 e. The summed E-state index contributed by atoms with van der Waals surface area (Å²) in [5.41, 5.74) is 1.34. The van der Waals surface area contributed by atoms with Gasteiger partial charge in [0.15, 0.2) is 0 Å². The molecule has 0 amide bonds. The van der Waals surface area contributed by atoms with Gasteiger partial charge >= 0.3 is 0 Å². The zero-order valence-electron chi connectivity index (χ0n) is 9.98. The van der Waals surface area contributed by atoms with Gasteiger partial charge in [0, 0.05) is 26.2 Å². The van der Waals surface area contributed by atoms with Gasteiger partial charge in [-0.1, -0.05) is 30.3 Å². The molecule has 1 saturated heterocycles. The summed E-state index contributed by atoms with van der Waals surface area (Å²) in [6.45, 7) is 3.27. The molecule has 1 aliphatic rings. The maximum Gasteiger partial charge on any atom is 0.250 e. The molecule has 0 aliphatic carbocycles. The fourth-order valence-electron chi connectivity index (χ4n) is 2.44. The molecule has 1 aliphatic heterocycles. The molecule has 1 N–H and O–H groups in total. The van der Waals surface area contributed by atoms with Crippen LogP contribution in [-0.4, -0.2) is 26.2 Å². The summed E-state index contributed by atoms with van der Waals surface area (Å²) in [5.74, 6) is 0. The summed E-state index contributed by atoms with van der Waals surface area (Å²) in [7, 11) is 0. The fraction of sp³-hybridized carbons (Fsp3) is 0.286. The second kappa shape index (κ2) is 4.38. The summed E-state index contributed by atoms with van der Waals surface area (Å²) >= 11 is 0. The molecule has 0 radical (unpaired) electrons. The Morgan fingerprint density at radius 3 is 2.28 bits per heavy atom. The van der Waals surface area contributed by atoms with E-state index in [9.17, 15) is 9.59 Å². The topological polar surface area (TPSA) is 49.4 Å². The molecule has 4 heteroatoms. The predicted molar refractivity (Wildman–Crippen MR) is 71.9 cm³/mol. The second-order valence-corrected chi connectivity index (χ2v) is 4.48. The quantitative estimate of drug-likeness (QED) is 0.772. The van der Waals surface area contributed by atoms with Crippen LogP contribution in [-0.2, 0) is 0 Å². The van der Waals surface area contributed by atoms with Crippen LogP contribution in [0.1, 0.15) is 0 Å². The third-order valence-electron chi connectivity index (χ3n) is 3.38. The van der Waals surface area contributed by atoms with Gasteiger partial charge in [-0.3, -0.25) is 9.59 Å². The SMILES string of the molecule is O=c1c(-c2ccccc2)c(N2CCNCC2)c1=O. The van der Waals surface area contributed by atoms with Gasteiger partial charge in [-0.05, 0) is 5.56 Å². The van der Waals surface area contributed by atoms with Crippen LogP contribution >= 0.6 is 0 Å². The van der Waals surface area contributed by atoms with Crippen LogP contribution < -0.4 is 21.1 Å². The van der Waals surface area contributed by atoms with E-state index in [1.54, 1.807) is 0 Å². The van der Waals surface area contributed by atoms with Crippen LogP contribution in [0.5, 0.6) is 0 Å². The van der Waals surface area contributed by atoms with Crippen molar-refractivity contribution in [2.24, 2.45) is 0 Å². The smallest absolute Gasteiger partial charge is 0.250 e. The van der Waals surface area contributed by atoms with Crippen molar-refractivity contribution in [3.05, 3.63) is 50.8 Å². The van der Waals surface area contributed by atoms with E-state index in [1.165, 1.54) is 0 Å². The first kappa shape index (κ1) is 11.2. The van der Waals surface area contributed by atoms with Crippen LogP contribution in [0.2, 0.25) is 0 Å². The van der Waals surface area contributed by atoms with Crippen molar-refractivity contribution in [1.82, 2.24) is 5.32 Å². The van der Waals surface area contributed by atoms with Crippen molar-refractivity contribution in [3.63, 3.8) is 0 Å². The average molecular weight is 242 g/mol. The summed E-state index contributed by atoms with van der Waals surface area (Å²) < 4.78 is 0. The van der Waals surface area contributed by atoms with E-state index in [0.29, 0.717) is 11.3 Å². The molecule has 3 rings (SSSR count). The van der Waals surface area contributed by atoms with E-state index < -0.39 is 0 Å². The standard InChI is InChI=1S/C14H14N2O2/c17-13-11(10-4-2-1-3-5-10)12(14(13)18)16-8-6-15-7-9-16/h1-5,15H,6-9H2. The monoisotopic (exact) mass is 242 g/mol. The number of rotatable bonds is 2. The molecule has 1 fully saturated rings. The predicted octanol–water partition coefficient (Wildman–Crippen LogP) is 0.359. The molecule has 1 heterocycles. The molecule has 18 heavy (non-hydrogen) atoms. The molecular weight excluding hydrogens is 228 g/mol. The zero-order chi connectivity index (χ0) is 12.5. The van der Waals surface area contributed by atoms with Crippen molar-refractivity contribution in [3.8, 4) is 11.1 Å². The highest BCUT2D eigenvalue weighted by molar-refractivity contribution is 5.82. The Morgan fingerprint density at radius 1 is 0.944 bits per heavy atom. The number of piperazine rings is 1. The Hall–Kier alpha value is -1.94. The zero-order valence-corrected chi connectivity index (χ0v) is 9.98. The van der Waals surface area contributed by atoms with Crippen LogP contribution in [0.25, 0.3) is 11.1 Å². The van der Waals surface area contributed by atoms with Gasteiger partial charge in [0.05, 0.1) is 5.56 Å². The van der Waals surface area contributed by atoms with E-state index >= 15 is 0 Å². The normalized spacial score (nSPS) is 16.1. The molecule has 2 aromatic rings. The Balaban J connectivity index is 2.04. The Bertz CT molecular complexity index is 621. The highest BCUT2D eigenvalue weighted by atomic mass is 16.2. The molecule has 0 unspecified atom stereocenters. The van der Waals surface area contributed by atoms with Gasteiger partial charge in [-0.15, -0.1) is 0 Å². The van der Waals surface area contributed by atoms with Gasteiger partial charge in [-0.2, -0.15) is 0 Å². The maximum absolute atomic E-state index is 11.8. The van der Waals surface area contributed by atoms with Gasteiger partial charge < -0.3 is 10.2 Å². The summed E-state index contributed by atoms with van der Waals surface area (Å²) in [6.07, 6.45) is 0. The Morgan fingerprint density at radius 2 is 1.61 bits per heavy atom. The van der Waals surface area contributed by atoms with Gasteiger partial charge in [-0.25, -0.2) is 0 Å². The fourth-order valence-corrected chi connectivity index (χ4v) is 2.44. The molecule has 0 spiro atoms. The first-order valence-electron chi connectivity index (χ1n) is 6.13. The molecular formula is C14H14N2O2. The van der Waals surface area contributed by atoms with Crippen LogP contribution in [0.4, 0.5) is 5.69 Å². The van der Waals surface area contributed by atoms with Gasteiger partial charge in [0.25, 0.3) is 0 Å². The van der Waals surface area contributed by atoms with Crippen LogP contribution in [0, 0.1) is 0 Å². The van der Waals surface area contributed by atoms with Crippen LogP contribution in [0.3, 0.4) is 0 Å². The number of nitrogens with zero attached hydrogens (tertiary/aromatic N) is 1. The van der Waals surface area contributed by atoms with E-state index in [1.807, 2.05) is 35.2 Å². The molecule has 0 aromatic heterocycles. The molecule has 0 atom stereocenters. The third kappa shape index (κ3) is 1.66. The highest BCUT2D eigenvalue weighted by Crippen LogP contribution is 2.26. The number of hydrogen-bond acceptors (Lipinski definition) is 4. The molecule has 0 saturated carbocycles. The van der Waals surface area contributed by atoms with E-state index in [4.69, 9.17) is 0 Å². The van der Waals surface area contributed by atoms with Gasteiger partial charge in [0.1, 0.15) is 5.69 Å². The van der Waals surface area contributed by atoms with Crippen LogP contribution in [0.15, 0.2) is 39.9 Å². The largest absolute Gasteiger partial charge is 0.365 e. The molecule has 4 nitrogen and oxygen atoms in total. The molecule has 0 bridgehead atoms. The van der Waals surface area contributed by atoms with E-state index in [2.05, 4.69) is 5.32 Å². The van der Waals surface area contributed by atoms with E-state index in [0.717, 1.165) is 31.7 Å². The lowest BCUT2D eigenvalue weighted by molar-refractivity contribution is 0.587. The lowest BCUT2D eigenvalue weighted by Gasteiger charge is -2.31. The van der Waals surface area contributed by atoms with Crippen molar-refractivity contribution in [2.45, 2.75) is 0 Å². The number of anilines is 1. The second-order valence-electron chi connectivity index (χ2n) is 4.48. The Kier molecular flexibility index (Phi) is 2.72. The maximum atomic E-state index is 11.8. The third-order valence-corrected chi connectivity index (χ3v) is 3.38. The summed E-state index contributed by atoms with van der Waals surface area (Å²) in [4.78, 5) is 25.6. The minimum atomic E-state index is -0.352. The van der Waals surface area contributed by atoms with Crippen molar-refractivity contribution < 1.29 is 0 Å². The van der Waals surface area contributed by atoms with Gasteiger partial charge in [0.2, 0.25) is 10.9 Å². The summed E-state index contributed by atoms with van der Waals surface area (Å²) in [6, 6.07) is 9.42. The lowest BCUT2D eigenvalue weighted by atomic mass is 9.97. The molecule has 92 valence electrons. The first-order chi connectivity index (χ1) is 8.79. The minimum absolute atomic E-state index is 0.337.